The van der Waals surface area contributed by atoms with Crippen LogP contribution in [0.4, 0.5) is 0 Å². The van der Waals surface area contributed by atoms with Gasteiger partial charge in [0.2, 0.25) is 5.91 Å². The number of benzene rings is 1. The number of rotatable bonds is 2. The van der Waals surface area contributed by atoms with Crippen LogP contribution in [0.1, 0.15) is 18.4 Å². The molecule has 0 spiro atoms. The normalized spacial score (nSPS) is 21.7. The SMILES string of the molecule is C[C@@H](C(=O)N1CCN(C)C[C@@H]1C#N)c1ccccc1. The molecule has 4 nitrogen and oxygen atoms in total. The summed E-state index contributed by atoms with van der Waals surface area (Å²) in [6.07, 6.45) is 0. The highest BCUT2D eigenvalue weighted by Gasteiger charge is 2.31. The van der Waals surface area contributed by atoms with Crippen LogP contribution >= 0.6 is 0 Å². The summed E-state index contributed by atoms with van der Waals surface area (Å²) in [7, 11) is 1.98. The molecule has 1 heterocycles. The first-order valence-corrected chi connectivity index (χ1v) is 6.57. The van der Waals surface area contributed by atoms with Gasteiger partial charge in [0, 0.05) is 19.6 Å². The lowest BCUT2D eigenvalue weighted by Crippen LogP contribution is -2.54. The van der Waals surface area contributed by atoms with E-state index in [2.05, 4.69) is 11.0 Å². The van der Waals surface area contributed by atoms with Gasteiger partial charge in [0.25, 0.3) is 0 Å². The van der Waals surface area contributed by atoms with E-state index in [1.165, 1.54) is 0 Å². The number of likely N-dealkylation sites (N-methyl/N-ethyl adjacent to an activating group) is 1. The third-order valence-corrected chi connectivity index (χ3v) is 3.69. The van der Waals surface area contributed by atoms with Gasteiger partial charge in [0.05, 0.1) is 12.0 Å². The van der Waals surface area contributed by atoms with Gasteiger partial charge in [0.1, 0.15) is 6.04 Å². The van der Waals surface area contributed by atoms with Crippen LogP contribution in [0.2, 0.25) is 0 Å². The van der Waals surface area contributed by atoms with Gasteiger partial charge in [-0.15, -0.1) is 0 Å². The van der Waals surface area contributed by atoms with Gasteiger partial charge in [-0.3, -0.25) is 4.79 Å². The first-order valence-electron chi connectivity index (χ1n) is 6.57. The first kappa shape index (κ1) is 13.6. The maximum atomic E-state index is 12.5. The fourth-order valence-corrected chi connectivity index (χ4v) is 2.43. The van der Waals surface area contributed by atoms with E-state index in [4.69, 9.17) is 0 Å². The van der Waals surface area contributed by atoms with Crippen molar-refractivity contribution in [3.05, 3.63) is 35.9 Å². The lowest BCUT2D eigenvalue weighted by atomic mass is 9.98. The molecule has 1 amide bonds. The molecule has 2 rings (SSSR count). The van der Waals surface area contributed by atoms with Crippen molar-refractivity contribution in [2.75, 3.05) is 26.7 Å². The summed E-state index contributed by atoms with van der Waals surface area (Å²) in [5.74, 6) is -0.147. The number of nitriles is 1. The molecule has 0 bridgehead atoms. The Labute approximate surface area is 114 Å². The Kier molecular flexibility index (Phi) is 4.18. The van der Waals surface area contributed by atoms with Crippen LogP contribution in [0.15, 0.2) is 30.3 Å². The summed E-state index contributed by atoms with van der Waals surface area (Å²) in [5, 5.41) is 9.21. The van der Waals surface area contributed by atoms with Crippen molar-refractivity contribution in [3.8, 4) is 6.07 Å². The van der Waals surface area contributed by atoms with E-state index in [-0.39, 0.29) is 17.9 Å². The molecule has 4 heteroatoms. The molecule has 2 atom stereocenters. The van der Waals surface area contributed by atoms with Crippen molar-refractivity contribution in [1.82, 2.24) is 9.80 Å². The summed E-state index contributed by atoms with van der Waals surface area (Å²) in [6, 6.07) is 11.6. The van der Waals surface area contributed by atoms with Gasteiger partial charge in [-0.05, 0) is 19.5 Å². The Hall–Kier alpha value is -1.86. The predicted molar refractivity (Wildman–Crippen MR) is 73.5 cm³/mol. The van der Waals surface area contributed by atoms with E-state index in [0.717, 1.165) is 12.1 Å². The van der Waals surface area contributed by atoms with Gasteiger partial charge >= 0.3 is 0 Å². The van der Waals surface area contributed by atoms with E-state index in [9.17, 15) is 10.1 Å². The monoisotopic (exact) mass is 257 g/mol. The van der Waals surface area contributed by atoms with Crippen LogP contribution in [0.5, 0.6) is 0 Å². The van der Waals surface area contributed by atoms with Crippen LogP contribution in [-0.4, -0.2) is 48.4 Å². The third-order valence-electron chi connectivity index (χ3n) is 3.69. The zero-order valence-corrected chi connectivity index (χ0v) is 11.4. The summed E-state index contributed by atoms with van der Waals surface area (Å²) < 4.78 is 0. The minimum atomic E-state index is -0.336. The van der Waals surface area contributed by atoms with Crippen LogP contribution in [-0.2, 0) is 4.79 Å². The molecule has 0 radical (unpaired) electrons. The zero-order chi connectivity index (χ0) is 13.8. The van der Waals surface area contributed by atoms with Gasteiger partial charge in [-0.2, -0.15) is 5.26 Å². The molecular formula is C15H19N3O. The molecule has 0 N–H and O–H groups in total. The van der Waals surface area contributed by atoms with Crippen molar-refractivity contribution in [2.24, 2.45) is 0 Å². The lowest BCUT2D eigenvalue weighted by molar-refractivity contribution is -0.135. The molecule has 1 aromatic rings. The molecule has 1 fully saturated rings. The first-order chi connectivity index (χ1) is 9.13. The maximum Gasteiger partial charge on any atom is 0.230 e. The standard InChI is InChI=1S/C15H19N3O/c1-12(13-6-4-3-5-7-13)15(19)18-9-8-17(2)11-14(18)10-16/h3-7,12,14H,8-9,11H2,1-2H3/t12-,14+/m1/s1. The highest BCUT2D eigenvalue weighted by atomic mass is 16.2. The van der Waals surface area contributed by atoms with E-state index < -0.39 is 0 Å². The molecule has 0 unspecified atom stereocenters. The van der Waals surface area contributed by atoms with Crippen molar-refractivity contribution in [3.63, 3.8) is 0 Å². The van der Waals surface area contributed by atoms with Crippen LogP contribution in [0, 0.1) is 11.3 Å². The summed E-state index contributed by atoms with van der Waals surface area (Å²) in [5.41, 5.74) is 1.00. The van der Waals surface area contributed by atoms with Crippen LogP contribution in [0.3, 0.4) is 0 Å². The fraction of sp³-hybridized carbons (Fsp3) is 0.467. The second-order valence-electron chi connectivity index (χ2n) is 5.07. The molecule has 1 saturated heterocycles. The number of hydrogen-bond donors (Lipinski definition) is 0. The highest BCUT2D eigenvalue weighted by molar-refractivity contribution is 5.84. The van der Waals surface area contributed by atoms with E-state index in [1.807, 2.05) is 44.3 Å². The topological polar surface area (TPSA) is 47.3 Å². The Morgan fingerprint density at radius 2 is 2.05 bits per heavy atom. The van der Waals surface area contributed by atoms with Crippen molar-refractivity contribution in [1.29, 1.82) is 5.26 Å². The Balaban J connectivity index is 2.13. The summed E-state index contributed by atoms with van der Waals surface area (Å²) in [6.45, 7) is 3.99. The average Bonchev–Trinajstić information content (AvgIpc) is 2.46. The van der Waals surface area contributed by atoms with Crippen LogP contribution in [0.25, 0.3) is 0 Å². The highest BCUT2D eigenvalue weighted by Crippen LogP contribution is 2.20. The van der Waals surface area contributed by atoms with Gasteiger partial charge in [0.15, 0.2) is 0 Å². The minimum absolute atomic E-state index is 0.0471. The number of nitrogens with zero attached hydrogens (tertiary/aromatic N) is 3. The van der Waals surface area contributed by atoms with Crippen molar-refractivity contribution in [2.45, 2.75) is 18.9 Å². The third kappa shape index (κ3) is 2.94. The number of piperazine rings is 1. The minimum Gasteiger partial charge on any atom is -0.324 e. The van der Waals surface area contributed by atoms with Crippen molar-refractivity contribution >= 4 is 5.91 Å². The van der Waals surface area contributed by atoms with Crippen LogP contribution < -0.4 is 0 Å². The fourth-order valence-electron chi connectivity index (χ4n) is 2.43. The van der Waals surface area contributed by atoms with Gasteiger partial charge in [-0.1, -0.05) is 30.3 Å². The maximum absolute atomic E-state index is 12.5. The van der Waals surface area contributed by atoms with E-state index in [1.54, 1.807) is 4.90 Å². The molecule has 1 aliphatic rings. The van der Waals surface area contributed by atoms with E-state index >= 15 is 0 Å². The molecule has 0 aliphatic carbocycles. The Morgan fingerprint density at radius 3 is 2.68 bits per heavy atom. The molecule has 0 saturated carbocycles. The molecule has 1 aliphatic heterocycles. The smallest absolute Gasteiger partial charge is 0.230 e. The van der Waals surface area contributed by atoms with E-state index in [0.29, 0.717) is 13.1 Å². The number of carbonyl (C=O) groups is 1. The predicted octanol–water partition coefficient (Wildman–Crippen LogP) is 1.46. The second kappa shape index (κ2) is 5.85. The van der Waals surface area contributed by atoms with Crippen molar-refractivity contribution < 1.29 is 4.79 Å². The summed E-state index contributed by atoms with van der Waals surface area (Å²) >= 11 is 0. The molecule has 19 heavy (non-hydrogen) atoms. The molecule has 100 valence electrons. The molecule has 0 aromatic heterocycles. The average molecular weight is 257 g/mol. The Bertz CT molecular complexity index is 480. The quantitative estimate of drug-likeness (QED) is 0.805. The zero-order valence-electron chi connectivity index (χ0n) is 11.4. The lowest BCUT2D eigenvalue weighted by Gasteiger charge is -2.37. The number of carbonyl (C=O) groups excluding carboxylic acids is 1. The largest absolute Gasteiger partial charge is 0.324 e. The molecule has 1 aromatic carbocycles. The second-order valence-corrected chi connectivity index (χ2v) is 5.07. The summed E-state index contributed by atoms with van der Waals surface area (Å²) in [4.78, 5) is 16.3. The molecular weight excluding hydrogens is 238 g/mol. The Morgan fingerprint density at radius 1 is 1.37 bits per heavy atom. The van der Waals surface area contributed by atoms with Gasteiger partial charge in [-0.25, -0.2) is 0 Å². The number of amides is 1. The van der Waals surface area contributed by atoms with Gasteiger partial charge < -0.3 is 9.80 Å². The number of hydrogen-bond acceptors (Lipinski definition) is 3.